The molecule has 2 atom stereocenters. The Morgan fingerprint density at radius 2 is 1.48 bits per heavy atom. The number of nitrogens with zero attached hydrogens (tertiary/aromatic N) is 1. The Hall–Kier alpha value is -3.75. The molecule has 176 valence electrons. The molecule has 0 aliphatic heterocycles. The van der Waals surface area contributed by atoms with Crippen LogP contribution in [0.1, 0.15) is 31.4 Å². The summed E-state index contributed by atoms with van der Waals surface area (Å²) in [4.78, 5) is 47.9. The zero-order valence-corrected chi connectivity index (χ0v) is 18.7. The summed E-state index contributed by atoms with van der Waals surface area (Å²) in [5, 5.41) is 16.0. The van der Waals surface area contributed by atoms with Gasteiger partial charge in [0.2, 0.25) is 11.7 Å². The van der Waals surface area contributed by atoms with Gasteiger partial charge in [0, 0.05) is 11.3 Å². The maximum atomic E-state index is 13.0. The fraction of sp³-hybridized carbons (Fsp3) is 0.375. The van der Waals surface area contributed by atoms with Gasteiger partial charge in [0.05, 0.1) is 6.04 Å². The summed E-state index contributed by atoms with van der Waals surface area (Å²) in [6.45, 7) is 2.91. The number of Topliss-reactive ketones (excluding diaryl/α,β-unsaturated/α-hetero) is 1. The Morgan fingerprint density at radius 3 is 2.03 bits per heavy atom. The van der Waals surface area contributed by atoms with Crippen molar-refractivity contribution in [3.05, 3.63) is 81.9 Å². The van der Waals surface area contributed by atoms with Gasteiger partial charge in [-0.1, -0.05) is 74.5 Å². The Balaban J connectivity index is 2.07. The molecule has 0 fully saturated rings. The summed E-state index contributed by atoms with van der Waals surface area (Å²) < 4.78 is 5.20. The van der Waals surface area contributed by atoms with Crippen LogP contribution in [-0.2, 0) is 27.4 Å². The van der Waals surface area contributed by atoms with Crippen LogP contribution in [-0.4, -0.2) is 41.3 Å². The van der Waals surface area contributed by atoms with E-state index in [9.17, 15) is 24.5 Å². The van der Waals surface area contributed by atoms with Crippen LogP contribution in [0.15, 0.2) is 60.7 Å². The highest BCUT2D eigenvalue weighted by Crippen LogP contribution is 2.09. The van der Waals surface area contributed by atoms with Gasteiger partial charge in [0.1, 0.15) is 12.6 Å². The van der Waals surface area contributed by atoms with Crippen LogP contribution in [0.3, 0.4) is 0 Å². The van der Waals surface area contributed by atoms with E-state index in [0.29, 0.717) is 6.42 Å². The summed E-state index contributed by atoms with van der Waals surface area (Å²) in [5.41, 5.74) is 1.54. The first-order valence-electron chi connectivity index (χ1n) is 10.7. The van der Waals surface area contributed by atoms with Gasteiger partial charge in [-0.3, -0.25) is 19.7 Å². The lowest BCUT2D eigenvalue weighted by molar-refractivity contribution is -0.467. The van der Waals surface area contributed by atoms with E-state index in [1.54, 1.807) is 42.5 Å². The monoisotopic (exact) mass is 455 g/mol. The van der Waals surface area contributed by atoms with Crippen molar-refractivity contribution in [3.8, 4) is 0 Å². The third kappa shape index (κ3) is 9.51. The number of ether oxygens (including phenoxy) is 1. The molecule has 0 aliphatic rings. The third-order valence-corrected chi connectivity index (χ3v) is 4.80. The zero-order chi connectivity index (χ0) is 24.2. The van der Waals surface area contributed by atoms with E-state index in [0.717, 1.165) is 11.1 Å². The van der Waals surface area contributed by atoms with Crippen molar-refractivity contribution in [1.29, 1.82) is 0 Å². The van der Waals surface area contributed by atoms with Crippen LogP contribution in [0, 0.1) is 16.0 Å². The van der Waals surface area contributed by atoms with Gasteiger partial charge in [0.25, 0.3) is 6.54 Å². The number of nitro groups is 1. The number of rotatable bonds is 12. The highest BCUT2D eigenvalue weighted by atomic mass is 16.6. The summed E-state index contributed by atoms with van der Waals surface area (Å²) >= 11 is 0. The van der Waals surface area contributed by atoms with Crippen LogP contribution in [0.5, 0.6) is 0 Å². The van der Waals surface area contributed by atoms with E-state index in [-0.39, 0.29) is 18.9 Å². The molecule has 0 saturated heterocycles. The zero-order valence-electron chi connectivity index (χ0n) is 18.7. The molecule has 2 rings (SSSR count). The minimum Gasteiger partial charge on any atom is -0.445 e. The molecule has 0 unspecified atom stereocenters. The Bertz CT molecular complexity index is 934. The van der Waals surface area contributed by atoms with Crippen LogP contribution in [0.25, 0.3) is 0 Å². The number of amides is 2. The fourth-order valence-electron chi connectivity index (χ4n) is 3.21. The number of ketones is 1. The number of alkyl carbamates (subject to hydrolysis) is 1. The molecule has 0 bridgehead atoms. The maximum absolute atomic E-state index is 13.0. The summed E-state index contributed by atoms with van der Waals surface area (Å²) in [6, 6.07) is 15.9. The molecule has 2 aromatic carbocycles. The van der Waals surface area contributed by atoms with Gasteiger partial charge in [-0.05, 0) is 23.5 Å². The van der Waals surface area contributed by atoms with Gasteiger partial charge in [-0.15, -0.1) is 0 Å². The van der Waals surface area contributed by atoms with Crippen molar-refractivity contribution in [2.45, 2.75) is 45.4 Å². The lowest BCUT2D eigenvalue weighted by Crippen LogP contribution is -2.53. The molecule has 2 amide bonds. The first kappa shape index (κ1) is 25.5. The van der Waals surface area contributed by atoms with Crippen LogP contribution >= 0.6 is 0 Å². The van der Waals surface area contributed by atoms with E-state index in [1.165, 1.54) is 0 Å². The molecule has 0 aromatic heterocycles. The van der Waals surface area contributed by atoms with Crippen LogP contribution in [0.4, 0.5) is 4.79 Å². The van der Waals surface area contributed by atoms with Gasteiger partial charge in [-0.25, -0.2) is 4.79 Å². The van der Waals surface area contributed by atoms with Gasteiger partial charge < -0.3 is 15.4 Å². The molecule has 2 N–H and O–H groups in total. The first-order valence-corrected chi connectivity index (χ1v) is 10.7. The second-order valence-electron chi connectivity index (χ2n) is 8.10. The molecule has 33 heavy (non-hydrogen) atoms. The number of carbonyl (C=O) groups is 3. The molecule has 9 heteroatoms. The molecule has 0 radical (unpaired) electrons. The minimum atomic E-state index is -1.10. The Kier molecular flexibility index (Phi) is 10.0. The summed E-state index contributed by atoms with van der Waals surface area (Å²) in [5.74, 6) is -1.26. The number of benzene rings is 2. The average molecular weight is 456 g/mol. The fourth-order valence-corrected chi connectivity index (χ4v) is 3.21. The predicted octanol–water partition coefficient (Wildman–Crippen LogP) is 2.90. The van der Waals surface area contributed by atoms with Crippen LogP contribution in [0.2, 0.25) is 0 Å². The lowest BCUT2D eigenvalue weighted by Gasteiger charge is -2.23. The van der Waals surface area contributed by atoms with E-state index in [4.69, 9.17) is 4.74 Å². The Morgan fingerprint density at radius 1 is 0.909 bits per heavy atom. The lowest BCUT2D eigenvalue weighted by atomic mass is 9.99. The summed E-state index contributed by atoms with van der Waals surface area (Å²) in [7, 11) is 0. The van der Waals surface area contributed by atoms with Crippen molar-refractivity contribution >= 4 is 17.8 Å². The smallest absolute Gasteiger partial charge is 0.408 e. The third-order valence-electron chi connectivity index (χ3n) is 4.80. The predicted molar refractivity (Wildman–Crippen MR) is 122 cm³/mol. The number of hydrogen-bond donors (Lipinski definition) is 2. The molecule has 0 heterocycles. The van der Waals surface area contributed by atoms with Gasteiger partial charge in [0.15, 0.2) is 0 Å². The first-order chi connectivity index (χ1) is 15.7. The maximum Gasteiger partial charge on any atom is 0.408 e. The number of hydrogen-bond acceptors (Lipinski definition) is 6. The second kappa shape index (κ2) is 12.9. The van der Waals surface area contributed by atoms with Crippen molar-refractivity contribution in [2.24, 2.45) is 5.92 Å². The molecule has 0 saturated carbocycles. The minimum absolute atomic E-state index is 0.0423. The van der Waals surface area contributed by atoms with Crippen molar-refractivity contribution in [2.75, 3.05) is 6.54 Å². The highest BCUT2D eigenvalue weighted by molar-refractivity contribution is 5.92. The van der Waals surface area contributed by atoms with Gasteiger partial charge >= 0.3 is 6.09 Å². The average Bonchev–Trinajstić information content (AvgIpc) is 2.77. The highest BCUT2D eigenvalue weighted by Gasteiger charge is 2.29. The molecule has 0 spiro atoms. The standard InChI is InChI=1S/C24H29N3O6/c1-17(2)13-21(26-24(30)33-16-19-11-7-4-8-12-19)23(29)25-20(22(28)15-27(31)32)14-18-9-5-3-6-10-18/h3-12,17,20-21H,13-16H2,1-2H3,(H,25,29)(H,26,30)/t20-,21-/m0/s1. The van der Waals surface area contributed by atoms with E-state index in [1.807, 2.05) is 32.0 Å². The largest absolute Gasteiger partial charge is 0.445 e. The molecule has 0 aliphatic carbocycles. The van der Waals surface area contributed by atoms with Crippen molar-refractivity contribution < 1.29 is 24.0 Å². The van der Waals surface area contributed by atoms with E-state index in [2.05, 4.69) is 10.6 Å². The number of carbonyl (C=O) groups excluding carboxylic acids is 3. The van der Waals surface area contributed by atoms with E-state index >= 15 is 0 Å². The Labute approximate surface area is 192 Å². The quantitative estimate of drug-likeness (QED) is 0.374. The topological polar surface area (TPSA) is 128 Å². The van der Waals surface area contributed by atoms with Crippen molar-refractivity contribution in [1.82, 2.24) is 10.6 Å². The van der Waals surface area contributed by atoms with E-state index < -0.39 is 41.3 Å². The van der Waals surface area contributed by atoms with Crippen LogP contribution < -0.4 is 10.6 Å². The summed E-state index contributed by atoms with van der Waals surface area (Å²) in [6.07, 6.45) is -0.365. The molecular weight excluding hydrogens is 426 g/mol. The molecule has 9 nitrogen and oxygen atoms in total. The molecular formula is C24H29N3O6. The number of nitrogens with one attached hydrogen (secondary N) is 2. The normalized spacial score (nSPS) is 12.5. The van der Waals surface area contributed by atoms with Gasteiger partial charge in [-0.2, -0.15) is 0 Å². The van der Waals surface area contributed by atoms with Crippen molar-refractivity contribution in [3.63, 3.8) is 0 Å². The second-order valence-corrected chi connectivity index (χ2v) is 8.10. The SMILES string of the molecule is CC(C)C[C@H](NC(=O)OCc1ccccc1)C(=O)N[C@@H](Cc1ccccc1)C(=O)C[N+](=O)[O-]. The molecule has 2 aromatic rings.